The van der Waals surface area contributed by atoms with Gasteiger partial charge in [0.1, 0.15) is 0 Å². The Morgan fingerprint density at radius 2 is 1.95 bits per heavy atom. The van der Waals surface area contributed by atoms with E-state index in [1.807, 2.05) is 6.07 Å². The number of rotatable bonds is 3. The van der Waals surface area contributed by atoms with Crippen molar-refractivity contribution >= 4 is 11.4 Å². The Morgan fingerprint density at radius 3 is 2.60 bits per heavy atom. The van der Waals surface area contributed by atoms with E-state index in [1.165, 1.54) is 6.07 Å². The molecule has 108 valence electrons. The molecular weight excluding hydrogens is 262 g/mol. The van der Waals surface area contributed by atoms with E-state index >= 15 is 0 Å². The van der Waals surface area contributed by atoms with Gasteiger partial charge in [-0.25, -0.2) is 0 Å². The first-order chi connectivity index (χ1) is 9.75. The fourth-order valence-electron chi connectivity index (χ4n) is 2.55. The Morgan fingerprint density at radius 1 is 1.25 bits per heavy atom. The third-order valence-corrected chi connectivity index (χ3v) is 3.57. The molecule has 0 amide bonds. The van der Waals surface area contributed by atoms with Crippen LogP contribution in [0.5, 0.6) is 0 Å². The molecule has 20 heavy (non-hydrogen) atoms. The van der Waals surface area contributed by atoms with Crippen molar-refractivity contribution in [2.75, 3.05) is 44.3 Å². The summed E-state index contributed by atoms with van der Waals surface area (Å²) in [5.74, 6) is 0. The maximum Gasteiger partial charge on any atom is 0.277 e. The molecule has 0 saturated carbocycles. The highest BCUT2D eigenvalue weighted by Gasteiger charge is 2.28. The number of hydrogen-bond donors (Lipinski definition) is 1. The summed E-state index contributed by atoms with van der Waals surface area (Å²) in [6.45, 7) is 4.57. The van der Waals surface area contributed by atoms with Crippen molar-refractivity contribution in [3.63, 3.8) is 0 Å². The normalized spacial score (nSPS) is 20.3. The van der Waals surface area contributed by atoms with Crippen LogP contribution in [0.4, 0.5) is 11.4 Å². The van der Waals surface area contributed by atoms with Gasteiger partial charge in [-0.1, -0.05) is 0 Å². The quantitative estimate of drug-likeness (QED) is 0.658. The van der Waals surface area contributed by atoms with E-state index in [2.05, 4.69) is 10.2 Å². The molecule has 0 aromatic heterocycles. The van der Waals surface area contributed by atoms with Gasteiger partial charge in [0.25, 0.3) is 5.69 Å². The number of nitrogens with one attached hydrogen (secondary N) is 1. The molecule has 0 bridgehead atoms. The van der Waals surface area contributed by atoms with Crippen LogP contribution in [0.2, 0.25) is 0 Å². The Labute approximate surface area is 116 Å². The molecule has 7 nitrogen and oxygen atoms in total. The molecule has 1 N–H and O–H groups in total. The van der Waals surface area contributed by atoms with Crippen molar-refractivity contribution in [2.24, 2.45) is 0 Å². The van der Waals surface area contributed by atoms with Gasteiger partial charge in [0.15, 0.2) is 6.29 Å². The van der Waals surface area contributed by atoms with Crippen molar-refractivity contribution in [1.29, 1.82) is 0 Å². The lowest BCUT2D eigenvalue weighted by atomic mass is 10.1. The number of nitro benzene ring substituents is 1. The lowest BCUT2D eigenvalue weighted by Crippen LogP contribution is -2.43. The van der Waals surface area contributed by atoms with Gasteiger partial charge >= 0.3 is 0 Å². The Kier molecular flexibility index (Phi) is 3.81. The molecule has 2 aliphatic heterocycles. The minimum absolute atomic E-state index is 0.0517. The van der Waals surface area contributed by atoms with Crippen LogP contribution in [-0.2, 0) is 9.47 Å². The molecule has 0 unspecified atom stereocenters. The number of benzene rings is 1. The van der Waals surface area contributed by atoms with Crippen LogP contribution in [0.15, 0.2) is 18.2 Å². The second-order valence-corrected chi connectivity index (χ2v) is 4.81. The molecule has 0 aliphatic carbocycles. The predicted molar refractivity (Wildman–Crippen MR) is 72.8 cm³/mol. The summed E-state index contributed by atoms with van der Waals surface area (Å²) in [7, 11) is 0. The molecule has 0 spiro atoms. The van der Waals surface area contributed by atoms with Crippen molar-refractivity contribution in [3.05, 3.63) is 33.9 Å². The third-order valence-electron chi connectivity index (χ3n) is 3.57. The van der Waals surface area contributed by atoms with Gasteiger partial charge in [-0.05, 0) is 12.1 Å². The maximum atomic E-state index is 11.1. The fourth-order valence-corrected chi connectivity index (χ4v) is 2.55. The monoisotopic (exact) mass is 279 g/mol. The smallest absolute Gasteiger partial charge is 0.277 e. The second kappa shape index (κ2) is 5.74. The van der Waals surface area contributed by atoms with E-state index in [0.29, 0.717) is 18.8 Å². The SMILES string of the molecule is O=[N+]([O-])c1ccc(N2CCNCC2)cc1C1OCCO1. The Bertz CT molecular complexity index is 496. The van der Waals surface area contributed by atoms with E-state index in [-0.39, 0.29) is 10.6 Å². The predicted octanol–water partition coefficient (Wildman–Crippen LogP) is 1.05. The van der Waals surface area contributed by atoms with Crippen molar-refractivity contribution in [1.82, 2.24) is 5.32 Å². The summed E-state index contributed by atoms with van der Waals surface area (Å²) < 4.78 is 10.8. The summed E-state index contributed by atoms with van der Waals surface area (Å²) in [5, 5.41) is 14.4. The molecule has 2 aliphatic rings. The van der Waals surface area contributed by atoms with E-state index < -0.39 is 6.29 Å². The first-order valence-corrected chi connectivity index (χ1v) is 6.73. The van der Waals surface area contributed by atoms with Gasteiger partial charge in [-0.2, -0.15) is 0 Å². The van der Waals surface area contributed by atoms with Gasteiger partial charge in [0.2, 0.25) is 0 Å². The summed E-state index contributed by atoms with van der Waals surface area (Å²) in [5.41, 5.74) is 1.53. The molecule has 3 rings (SSSR count). The number of nitrogens with zero attached hydrogens (tertiary/aromatic N) is 2. The maximum absolute atomic E-state index is 11.1. The molecule has 2 fully saturated rings. The standard InChI is InChI=1S/C13H17N3O4/c17-16(18)12-2-1-10(15-5-3-14-4-6-15)9-11(12)13-19-7-8-20-13/h1-2,9,13-14H,3-8H2. The topological polar surface area (TPSA) is 76.9 Å². The molecule has 2 heterocycles. The number of anilines is 1. The van der Waals surface area contributed by atoms with Crippen LogP contribution in [0, 0.1) is 10.1 Å². The van der Waals surface area contributed by atoms with Crippen LogP contribution < -0.4 is 10.2 Å². The van der Waals surface area contributed by atoms with Crippen LogP contribution in [0.1, 0.15) is 11.9 Å². The van der Waals surface area contributed by atoms with Crippen molar-refractivity contribution < 1.29 is 14.4 Å². The average molecular weight is 279 g/mol. The van der Waals surface area contributed by atoms with Crippen LogP contribution in [-0.4, -0.2) is 44.3 Å². The minimum Gasteiger partial charge on any atom is -0.369 e. The lowest BCUT2D eigenvalue weighted by Gasteiger charge is -2.29. The molecule has 7 heteroatoms. The first kappa shape index (κ1) is 13.3. The summed E-state index contributed by atoms with van der Waals surface area (Å²) >= 11 is 0. The number of nitro groups is 1. The van der Waals surface area contributed by atoms with E-state index in [9.17, 15) is 10.1 Å². The minimum atomic E-state index is -0.627. The number of ether oxygens (including phenoxy) is 2. The number of piperazine rings is 1. The van der Waals surface area contributed by atoms with Gasteiger partial charge in [-0.3, -0.25) is 10.1 Å². The van der Waals surface area contributed by atoms with E-state index in [1.54, 1.807) is 6.07 Å². The van der Waals surface area contributed by atoms with E-state index in [0.717, 1.165) is 31.9 Å². The zero-order valence-electron chi connectivity index (χ0n) is 11.1. The summed E-state index contributed by atoms with van der Waals surface area (Å²) in [6, 6.07) is 5.15. The van der Waals surface area contributed by atoms with Gasteiger partial charge in [-0.15, -0.1) is 0 Å². The molecule has 2 saturated heterocycles. The molecule has 0 radical (unpaired) electrons. The summed E-state index contributed by atoms with van der Waals surface area (Å²) in [4.78, 5) is 13.0. The highest BCUT2D eigenvalue weighted by molar-refractivity contribution is 5.56. The highest BCUT2D eigenvalue weighted by Crippen LogP contribution is 2.34. The van der Waals surface area contributed by atoms with Crippen LogP contribution >= 0.6 is 0 Å². The van der Waals surface area contributed by atoms with Crippen LogP contribution in [0.25, 0.3) is 0 Å². The Hall–Kier alpha value is -1.70. The zero-order chi connectivity index (χ0) is 13.9. The van der Waals surface area contributed by atoms with Crippen LogP contribution in [0.3, 0.4) is 0 Å². The third kappa shape index (κ3) is 2.60. The summed E-state index contributed by atoms with van der Waals surface area (Å²) in [6.07, 6.45) is -0.627. The molecule has 1 aromatic rings. The lowest BCUT2D eigenvalue weighted by molar-refractivity contribution is -0.386. The van der Waals surface area contributed by atoms with Gasteiger partial charge in [0, 0.05) is 37.9 Å². The van der Waals surface area contributed by atoms with Crippen molar-refractivity contribution in [3.8, 4) is 0 Å². The number of hydrogen-bond acceptors (Lipinski definition) is 6. The molecule has 1 aromatic carbocycles. The molecule has 0 atom stereocenters. The van der Waals surface area contributed by atoms with E-state index in [4.69, 9.17) is 9.47 Å². The fraction of sp³-hybridized carbons (Fsp3) is 0.538. The average Bonchev–Trinajstić information content (AvgIpc) is 3.01. The molecular formula is C13H17N3O4. The second-order valence-electron chi connectivity index (χ2n) is 4.81. The largest absolute Gasteiger partial charge is 0.369 e. The van der Waals surface area contributed by atoms with Gasteiger partial charge in [0.05, 0.1) is 23.7 Å². The Balaban J connectivity index is 1.92. The zero-order valence-corrected chi connectivity index (χ0v) is 11.1. The van der Waals surface area contributed by atoms with Crippen molar-refractivity contribution in [2.45, 2.75) is 6.29 Å². The first-order valence-electron chi connectivity index (χ1n) is 6.73. The van der Waals surface area contributed by atoms with Gasteiger partial charge < -0.3 is 19.7 Å². The highest BCUT2D eigenvalue weighted by atomic mass is 16.7.